The maximum atomic E-state index is 14.9. The fourth-order valence-corrected chi connectivity index (χ4v) is 4.29. The first-order valence-electron chi connectivity index (χ1n) is 13.1. The summed E-state index contributed by atoms with van der Waals surface area (Å²) in [6.45, 7) is 2.09. The minimum Gasteiger partial charge on any atom is -0.429 e. The van der Waals surface area contributed by atoms with Gasteiger partial charge < -0.3 is 4.74 Å². The number of hydrogen-bond donors (Lipinski definition) is 0. The third-order valence-electron chi connectivity index (χ3n) is 6.34. The number of rotatable bonds is 7. The van der Waals surface area contributed by atoms with E-state index in [1.165, 1.54) is 5.92 Å². The Morgan fingerprint density at radius 2 is 1.32 bits per heavy atom. The van der Waals surface area contributed by atoms with E-state index in [1.807, 2.05) is 12.1 Å². The molecular weight excluding hydrogens is 602 g/mol. The van der Waals surface area contributed by atoms with Crippen molar-refractivity contribution in [2.24, 2.45) is 0 Å². The second kappa shape index (κ2) is 12.9. The molecule has 1 nitrogen and oxygen atoms in total. The molecule has 0 amide bonds. The van der Waals surface area contributed by atoms with Crippen LogP contribution in [0.25, 0.3) is 10.8 Å². The molecule has 0 saturated heterocycles. The summed E-state index contributed by atoms with van der Waals surface area (Å²) in [6, 6.07) is 9.33. The number of ether oxygens (including phenoxy) is 1. The quantitative estimate of drug-likeness (QED) is 0.113. The van der Waals surface area contributed by atoms with E-state index in [0.717, 1.165) is 31.2 Å². The van der Waals surface area contributed by atoms with Crippen molar-refractivity contribution in [1.82, 2.24) is 0 Å². The van der Waals surface area contributed by atoms with Crippen molar-refractivity contribution in [1.29, 1.82) is 0 Å². The molecule has 44 heavy (non-hydrogen) atoms. The molecule has 0 N–H and O–H groups in total. The van der Waals surface area contributed by atoms with Crippen molar-refractivity contribution >= 4 is 10.8 Å². The van der Waals surface area contributed by atoms with Crippen molar-refractivity contribution in [2.45, 2.75) is 44.9 Å². The summed E-state index contributed by atoms with van der Waals surface area (Å²) in [6.07, 6.45) is -5.77. The highest BCUT2D eigenvalue weighted by atomic mass is 19.4. The van der Waals surface area contributed by atoms with Crippen LogP contribution in [-0.4, -0.2) is 6.18 Å². The van der Waals surface area contributed by atoms with E-state index < -0.39 is 69.0 Å². The summed E-state index contributed by atoms with van der Waals surface area (Å²) >= 11 is 0. The van der Waals surface area contributed by atoms with Gasteiger partial charge in [0.1, 0.15) is 34.6 Å². The van der Waals surface area contributed by atoms with Gasteiger partial charge in [-0.1, -0.05) is 49.7 Å². The van der Waals surface area contributed by atoms with Crippen molar-refractivity contribution in [3.05, 3.63) is 112 Å². The lowest BCUT2D eigenvalue weighted by atomic mass is 10.0. The molecule has 228 valence electrons. The zero-order valence-electron chi connectivity index (χ0n) is 22.7. The lowest BCUT2D eigenvalue weighted by Crippen LogP contribution is -2.25. The summed E-state index contributed by atoms with van der Waals surface area (Å²) in [5, 5.41) is -1.80. The Labute approximate surface area is 245 Å². The third kappa shape index (κ3) is 7.65. The molecular formula is C33H20F10O. The van der Waals surface area contributed by atoms with Crippen LogP contribution in [0.2, 0.25) is 0 Å². The molecule has 0 aliphatic rings. The standard InChI is InChI=1S/C33H20F10O/c1-2-3-4-5-19-6-8-20(9-7-19)10-11-21-14-27(36)30(28(37)15-21)33(42,43)44-23-16-22-17-25(34)24(12-13-32(39,40)41)31(38)29(22)26(35)18-23/h6-9,14-18H,2-5H2,1H3. The molecule has 0 saturated carbocycles. The van der Waals surface area contributed by atoms with Crippen molar-refractivity contribution in [3.8, 4) is 29.4 Å². The van der Waals surface area contributed by atoms with Gasteiger partial charge in [0.15, 0.2) is 5.82 Å². The molecule has 0 aliphatic heterocycles. The van der Waals surface area contributed by atoms with Crippen LogP contribution in [0.5, 0.6) is 5.75 Å². The lowest BCUT2D eigenvalue weighted by molar-refractivity contribution is -0.189. The molecule has 0 heterocycles. The molecule has 0 radical (unpaired) electrons. The van der Waals surface area contributed by atoms with Crippen LogP contribution < -0.4 is 4.74 Å². The topological polar surface area (TPSA) is 9.23 Å². The van der Waals surface area contributed by atoms with Gasteiger partial charge in [0.05, 0.1) is 10.9 Å². The first-order valence-corrected chi connectivity index (χ1v) is 13.1. The Bertz CT molecular complexity index is 1800. The van der Waals surface area contributed by atoms with Gasteiger partial charge in [0.25, 0.3) is 0 Å². The summed E-state index contributed by atoms with van der Waals surface area (Å²) in [4.78, 5) is 0. The predicted molar refractivity (Wildman–Crippen MR) is 143 cm³/mol. The van der Waals surface area contributed by atoms with Crippen molar-refractivity contribution in [2.75, 3.05) is 0 Å². The maximum absolute atomic E-state index is 14.9. The van der Waals surface area contributed by atoms with Crippen LogP contribution in [0.3, 0.4) is 0 Å². The number of hydrogen-bond acceptors (Lipinski definition) is 1. The normalized spacial score (nSPS) is 11.5. The smallest absolute Gasteiger partial charge is 0.429 e. The van der Waals surface area contributed by atoms with E-state index >= 15 is 0 Å². The van der Waals surface area contributed by atoms with Crippen molar-refractivity contribution < 1.29 is 48.6 Å². The van der Waals surface area contributed by atoms with Gasteiger partial charge in [0, 0.05) is 23.1 Å². The van der Waals surface area contributed by atoms with Crippen LogP contribution in [0.4, 0.5) is 43.9 Å². The molecule has 0 spiro atoms. The van der Waals surface area contributed by atoms with E-state index in [0.29, 0.717) is 35.7 Å². The van der Waals surface area contributed by atoms with E-state index in [9.17, 15) is 43.9 Å². The summed E-state index contributed by atoms with van der Waals surface area (Å²) in [7, 11) is 0. The highest BCUT2D eigenvalue weighted by molar-refractivity contribution is 5.87. The Morgan fingerprint density at radius 1 is 0.682 bits per heavy atom. The van der Waals surface area contributed by atoms with E-state index in [-0.39, 0.29) is 11.6 Å². The van der Waals surface area contributed by atoms with Crippen LogP contribution in [-0.2, 0) is 12.5 Å². The van der Waals surface area contributed by atoms with Gasteiger partial charge in [-0.3, -0.25) is 0 Å². The van der Waals surface area contributed by atoms with E-state index in [1.54, 1.807) is 12.1 Å². The van der Waals surface area contributed by atoms with Crippen LogP contribution >= 0.6 is 0 Å². The average Bonchev–Trinajstić information content (AvgIpc) is 2.90. The zero-order chi connectivity index (χ0) is 32.2. The molecule has 4 aromatic rings. The van der Waals surface area contributed by atoms with Crippen LogP contribution in [0, 0.1) is 52.8 Å². The van der Waals surface area contributed by atoms with Crippen LogP contribution in [0.1, 0.15) is 54.0 Å². The minimum absolute atomic E-state index is 0.197. The Kier molecular flexibility index (Phi) is 9.48. The van der Waals surface area contributed by atoms with Gasteiger partial charge in [0.2, 0.25) is 0 Å². The van der Waals surface area contributed by atoms with E-state index in [2.05, 4.69) is 23.5 Å². The summed E-state index contributed by atoms with van der Waals surface area (Å²) in [5.41, 5.74) is -1.89. The number of benzene rings is 4. The first-order chi connectivity index (χ1) is 20.7. The van der Waals surface area contributed by atoms with Crippen LogP contribution in [0.15, 0.2) is 54.6 Å². The number of halogens is 10. The van der Waals surface area contributed by atoms with Gasteiger partial charge in [-0.25, -0.2) is 22.0 Å². The molecule has 0 aromatic heterocycles. The molecule has 0 bridgehead atoms. The monoisotopic (exact) mass is 622 g/mol. The number of aryl methyl sites for hydroxylation is 1. The Balaban J connectivity index is 1.59. The summed E-state index contributed by atoms with van der Waals surface area (Å²) < 4.78 is 144. The lowest BCUT2D eigenvalue weighted by Gasteiger charge is -2.20. The fourth-order valence-electron chi connectivity index (χ4n) is 4.29. The van der Waals surface area contributed by atoms with Gasteiger partial charge in [-0.15, -0.1) is 0 Å². The molecule has 0 unspecified atom stereocenters. The highest BCUT2D eigenvalue weighted by Gasteiger charge is 2.41. The average molecular weight is 623 g/mol. The SMILES string of the molecule is CCCCCc1ccc(C#Cc2cc(F)c(C(F)(F)Oc3cc(F)c4c(F)c(C#CC(F)(F)F)c(F)cc4c3)c(F)c2)cc1. The molecule has 4 aromatic carbocycles. The minimum atomic E-state index is -5.11. The second-order valence-corrected chi connectivity index (χ2v) is 9.64. The second-order valence-electron chi connectivity index (χ2n) is 9.64. The highest BCUT2D eigenvalue weighted by Crippen LogP contribution is 2.38. The maximum Gasteiger partial charge on any atom is 0.458 e. The molecule has 4 rings (SSSR count). The number of alkyl halides is 5. The Morgan fingerprint density at radius 3 is 1.93 bits per heavy atom. The Hall–Kier alpha value is -4.64. The third-order valence-corrected chi connectivity index (χ3v) is 6.34. The molecule has 0 aliphatic carbocycles. The largest absolute Gasteiger partial charge is 0.458 e. The zero-order valence-corrected chi connectivity index (χ0v) is 22.7. The summed E-state index contributed by atoms with van der Waals surface area (Å²) in [5.74, 6) is -2.61. The van der Waals surface area contributed by atoms with Gasteiger partial charge in [-0.05, 0) is 60.2 Å². The van der Waals surface area contributed by atoms with Gasteiger partial charge >= 0.3 is 12.3 Å². The molecule has 11 heteroatoms. The first kappa shape index (κ1) is 32.3. The number of fused-ring (bicyclic) bond motifs is 1. The molecule has 0 atom stereocenters. The van der Waals surface area contributed by atoms with E-state index in [4.69, 9.17) is 0 Å². The van der Waals surface area contributed by atoms with Gasteiger partial charge in [-0.2, -0.15) is 22.0 Å². The predicted octanol–water partition coefficient (Wildman–Crippen LogP) is 9.71. The fraction of sp³-hybridized carbons (Fsp3) is 0.212. The molecule has 0 fully saturated rings. The number of unbranched alkanes of at least 4 members (excludes halogenated alkanes) is 2. The van der Waals surface area contributed by atoms with Crippen molar-refractivity contribution in [3.63, 3.8) is 0 Å².